The second kappa shape index (κ2) is 6.69. The number of aryl methyl sites for hydroxylation is 3. The van der Waals surface area contributed by atoms with Gasteiger partial charge in [0.1, 0.15) is 0 Å². The zero-order valence-corrected chi connectivity index (χ0v) is 14.1. The highest BCUT2D eigenvalue weighted by atomic mass is 79.9. The van der Waals surface area contributed by atoms with Gasteiger partial charge >= 0.3 is 0 Å². The summed E-state index contributed by atoms with van der Waals surface area (Å²) in [5, 5.41) is 5.59. The molecule has 0 aliphatic rings. The topological polar surface area (TPSA) is 12.0 Å². The minimum absolute atomic E-state index is 0.424. The first-order valence-corrected chi connectivity index (χ1v) is 8.25. The van der Waals surface area contributed by atoms with E-state index < -0.39 is 0 Å². The first kappa shape index (κ1) is 14.8. The third kappa shape index (κ3) is 3.68. The van der Waals surface area contributed by atoms with Gasteiger partial charge in [0.25, 0.3) is 0 Å². The molecular weight excluding hydrogens is 318 g/mol. The van der Waals surface area contributed by atoms with E-state index in [4.69, 9.17) is 0 Å². The molecule has 1 aromatic heterocycles. The Bertz CT molecular complexity index is 511. The fourth-order valence-electron chi connectivity index (χ4n) is 2.40. The van der Waals surface area contributed by atoms with Crippen LogP contribution in [0.3, 0.4) is 0 Å². The normalized spacial score (nSPS) is 12.6. The molecule has 19 heavy (non-hydrogen) atoms. The van der Waals surface area contributed by atoms with Crippen molar-refractivity contribution in [1.29, 1.82) is 0 Å². The summed E-state index contributed by atoms with van der Waals surface area (Å²) in [7, 11) is 2.05. The number of benzene rings is 1. The number of hydrogen-bond donors (Lipinski definition) is 1. The van der Waals surface area contributed by atoms with E-state index in [0.717, 1.165) is 12.8 Å². The average Bonchev–Trinajstić information content (AvgIpc) is 2.89. The smallest absolute Gasteiger partial charge is 0.0321 e. The van der Waals surface area contributed by atoms with Gasteiger partial charge in [0.05, 0.1) is 0 Å². The lowest BCUT2D eigenvalue weighted by molar-refractivity contribution is 0.550. The van der Waals surface area contributed by atoms with Crippen LogP contribution >= 0.6 is 27.3 Å². The quantitative estimate of drug-likeness (QED) is 0.807. The van der Waals surface area contributed by atoms with E-state index in [2.05, 4.69) is 64.7 Å². The van der Waals surface area contributed by atoms with Crippen LogP contribution < -0.4 is 5.32 Å². The number of rotatable bonds is 5. The van der Waals surface area contributed by atoms with Crippen LogP contribution in [-0.2, 0) is 6.42 Å². The van der Waals surface area contributed by atoms with Crippen molar-refractivity contribution in [3.8, 4) is 0 Å². The molecule has 0 saturated heterocycles. The van der Waals surface area contributed by atoms with E-state index in [1.165, 1.54) is 26.0 Å². The molecule has 0 aliphatic carbocycles. The van der Waals surface area contributed by atoms with Crippen LogP contribution in [0.5, 0.6) is 0 Å². The van der Waals surface area contributed by atoms with Crippen LogP contribution in [0.2, 0.25) is 0 Å². The van der Waals surface area contributed by atoms with Gasteiger partial charge in [-0.15, -0.1) is 11.3 Å². The Labute approximate surface area is 128 Å². The molecule has 3 heteroatoms. The maximum Gasteiger partial charge on any atom is 0.0321 e. The maximum atomic E-state index is 3.64. The molecule has 0 fully saturated rings. The fraction of sp³-hybridized carbons (Fsp3) is 0.375. The Balaban J connectivity index is 2.13. The lowest BCUT2D eigenvalue weighted by atomic mass is 9.98. The van der Waals surface area contributed by atoms with Crippen LogP contribution in [0.4, 0.5) is 0 Å². The van der Waals surface area contributed by atoms with E-state index in [-0.39, 0.29) is 0 Å². The highest BCUT2D eigenvalue weighted by Gasteiger charge is 2.12. The molecule has 1 atom stereocenters. The van der Waals surface area contributed by atoms with Gasteiger partial charge in [0, 0.05) is 15.4 Å². The van der Waals surface area contributed by atoms with Crippen molar-refractivity contribution in [2.75, 3.05) is 7.05 Å². The highest BCUT2D eigenvalue weighted by molar-refractivity contribution is 9.10. The Kier molecular flexibility index (Phi) is 5.20. The molecule has 1 unspecified atom stereocenters. The predicted octanol–water partition coefficient (Wildman–Crippen LogP) is 5.02. The van der Waals surface area contributed by atoms with Crippen molar-refractivity contribution in [1.82, 2.24) is 5.32 Å². The SMILES string of the molecule is CNC(CCc1cccs1)c1cc(C)c(Br)c(C)c1. The summed E-state index contributed by atoms with van der Waals surface area (Å²) in [5.41, 5.74) is 4.01. The largest absolute Gasteiger partial charge is 0.313 e. The second-order valence-corrected chi connectivity index (χ2v) is 6.75. The molecule has 0 radical (unpaired) electrons. The van der Waals surface area contributed by atoms with Gasteiger partial charge in [-0.2, -0.15) is 0 Å². The van der Waals surface area contributed by atoms with Gasteiger partial charge in [0.15, 0.2) is 0 Å². The van der Waals surface area contributed by atoms with Gasteiger partial charge in [-0.1, -0.05) is 34.1 Å². The zero-order valence-electron chi connectivity index (χ0n) is 11.7. The predicted molar refractivity (Wildman–Crippen MR) is 88.1 cm³/mol. The van der Waals surface area contributed by atoms with Gasteiger partial charge in [-0.25, -0.2) is 0 Å². The molecule has 1 nitrogen and oxygen atoms in total. The molecule has 2 aromatic rings. The minimum atomic E-state index is 0.424. The van der Waals surface area contributed by atoms with Crippen LogP contribution in [0.1, 0.15) is 34.0 Å². The summed E-state index contributed by atoms with van der Waals surface area (Å²) in [6, 6.07) is 9.34. The van der Waals surface area contributed by atoms with Crippen LogP contribution in [-0.4, -0.2) is 7.05 Å². The number of halogens is 1. The first-order valence-electron chi connectivity index (χ1n) is 6.58. The van der Waals surface area contributed by atoms with Crippen molar-refractivity contribution in [2.24, 2.45) is 0 Å². The zero-order chi connectivity index (χ0) is 13.8. The van der Waals surface area contributed by atoms with Crippen molar-refractivity contribution in [3.05, 3.63) is 55.7 Å². The van der Waals surface area contributed by atoms with Crippen molar-refractivity contribution >= 4 is 27.3 Å². The van der Waals surface area contributed by atoms with Gasteiger partial charge < -0.3 is 5.32 Å². The molecule has 2 rings (SSSR count). The second-order valence-electron chi connectivity index (χ2n) is 4.93. The summed E-state index contributed by atoms with van der Waals surface area (Å²) in [5.74, 6) is 0. The van der Waals surface area contributed by atoms with Crippen molar-refractivity contribution in [3.63, 3.8) is 0 Å². The minimum Gasteiger partial charge on any atom is -0.313 e. The van der Waals surface area contributed by atoms with Crippen LogP contribution in [0, 0.1) is 13.8 Å². The fourth-order valence-corrected chi connectivity index (χ4v) is 3.35. The molecule has 1 heterocycles. The van der Waals surface area contributed by atoms with Gasteiger partial charge in [0.2, 0.25) is 0 Å². The van der Waals surface area contributed by atoms with E-state index in [9.17, 15) is 0 Å². The van der Waals surface area contributed by atoms with Gasteiger partial charge in [-0.3, -0.25) is 0 Å². The maximum absolute atomic E-state index is 3.64. The molecule has 1 aromatic carbocycles. The van der Waals surface area contributed by atoms with Crippen molar-refractivity contribution < 1.29 is 0 Å². The standard InChI is InChI=1S/C16H20BrNS/c1-11-9-13(10-12(2)16(11)17)15(18-3)7-6-14-5-4-8-19-14/h4-5,8-10,15,18H,6-7H2,1-3H3. The monoisotopic (exact) mass is 337 g/mol. The molecule has 0 saturated carbocycles. The van der Waals surface area contributed by atoms with Crippen molar-refractivity contribution in [2.45, 2.75) is 32.7 Å². The number of hydrogen-bond acceptors (Lipinski definition) is 2. The molecule has 102 valence electrons. The van der Waals surface area contributed by atoms with E-state index in [1.54, 1.807) is 0 Å². The summed E-state index contributed by atoms with van der Waals surface area (Å²) in [6.07, 6.45) is 2.27. The van der Waals surface area contributed by atoms with Crippen LogP contribution in [0.15, 0.2) is 34.1 Å². The molecule has 0 aliphatic heterocycles. The number of thiophene rings is 1. The summed E-state index contributed by atoms with van der Waals surface area (Å²) in [6.45, 7) is 4.32. The summed E-state index contributed by atoms with van der Waals surface area (Å²) < 4.78 is 1.23. The van der Waals surface area contributed by atoms with E-state index in [0.29, 0.717) is 6.04 Å². The van der Waals surface area contributed by atoms with E-state index in [1.807, 2.05) is 18.4 Å². The first-order chi connectivity index (χ1) is 9.11. The van der Waals surface area contributed by atoms with Crippen LogP contribution in [0.25, 0.3) is 0 Å². The van der Waals surface area contributed by atoms with Gasteiger partial charge in [-0.05, 0) is 61.9 Å². The Morgan fingerprint density at radius 3 is 2.47 bits per heavy atom. The average molecular weight is 338 g/mol. The molecule has 0 spiro atoms. The number of nitrogens with one attached hydrogen (secondary N) is 1. The third-order valence-corrected chi connectivity index (χ3v) is 5.66. The molecule has 0 amide bonds. The lowest BCUT2D eigenvalue weighted by Crippen LogP contribution is -2.17. The lowest BCUT2D eigenvalue weighted by Gasteiger charge is -2.18. The Hall–Kier alpha value is -0.640. The summed E-state index contributed by atoms with van der Waals surface area (Å²) >= 11 is 5.48. The third-order valence-electron chi connectivity index (χ3n) is 3.47. The Morgan fingerprint density at radius 1 is 1.26 bits per heavy atom. The van der Waals surface area contributed by atoms with E-state index >= 15 is 0 Å². The molecular formula is C16H20BrNS. The highest BCUT2D eigenvalue weighted by Crippen LogP contribution is 2.28. The Morgan fingerprint density at radius 2 is 1.95 bits per heavy atom. The summed E-state index contributed by atoms with van der Waals surface area (Å²) in [4.78, 5) is 1.46. The molecule has 0 bridgehead atoms. The molecule has 1 N–H and O–H groups in total.